The van der Waals surface area contributed by atoms with Crippen LogP contribution in [-0.2, 0) is 10.9 Å². The third-order valence-corrected chi connectivity index (χ3v) is 3.70. The predicted molar refractivity (Wildman–Crippen MR) is 77.7 cm³/mol. The number of morpholine rings is 1. The van der Waals surface area contributed by atoms with Crippen LogP contribution in [0, 0.1) is 0 Å². The highest BCUT2D eigenvalue weighted by Crippen LogP contribution is 2.33. The lowest BCUT2D eigenvalue weighted by molar-refractivity contribution is -0.137. The molecule has 1 atom stereocenters. The van der Waals surface area contributed by atoms with Gasteiger partial charge in [0.2, 0.25) is 0 Å². The smallest absolute Gasteiger partial charge is 0.375 e. The second-order valence-electron chi connectivity index (χ2n) is 5.50. The van der Waals surface area contributed by atoms with Crippen LogP contribution < -0.4 is 0 Å². The summed E-state index contributed by atoms with van der Waals surface area (Å²) in [6.07, 6.45) is -3.40. The highest BCUT2D eigenvalue weighted by Gasteiger charge is 2.34. The quantitative estimate of drug-likeness (QED) is 0.840. The summed E-state index contributed by atoms with van der Waals surface area (Å²) in [5, 5.41) is 7.41. The number of halogens is 3. The molecule has 0 N–H and O–H groups in total. The normalized spacial score (nSPS) is 18.7. The van der Waals surface area contributed by atoms with Gasteiger partial charge in [-0.1, -0.05) is 17.3 Å². The van der Waals surface area contributed by atoms with Gasteiger partial charge in [0.25, 0.3) is 5.91 Å². The second-order valence-corrected chi connectivity index (χ2v) is 5.50. The topological polar surface area (TPSA) is 60.2 Å². The van der Waals surface area contributed by atoms with Gasteiger partial charge in [0, 0.05) is 13.1 Å². The van der Waals surface area contributed by atoms with Gasteiger partial charge >= 0.3 is 6.18 Å². The molecular formula is C15H15F3N4O2. The number of amides is 1. The fourth-order valence-corrected chi connectivity index (χ4v) is 2.56. The Kier molecular flexibility index (Phi) is 4.27. The molecule has 1 amide bonds. The number of hydrogen-bond donors (Lipinski definition) is 0. The molecule has 1 aliphatic rings. The fraction of sp³-hybridized carbons (Fsp3) is 0.400. The number of carbonyl (C=O) groups is 1. The molecule has 1 aromatic heterocycles. The van der Waals surface area contributed by atoms with Gasteiger partial charge in [-0.25, -0.2) is 4.68 Å². The van der Waals surface area contributed by atoms with E-state index in [1.165, 1.54) is 24.4 Å². The summed E-state index contributed by atoms with van der Waals surface area (Å²) in [5.74, 6) is -0.374. The number of nitrogens with zero attached hydrogens (tertiary/aromatic N) is 4. The van der Waals surface area contributed by atoms with Crippen molar-refractivity contribution in [1.82, 2.24) is 19.9 Å². The van der Waals surface area contributed by atoms with Crippen molar-refractivity contribution in [2.45, 2.75) is 19.2 Å². The van der Waals surface area contributed by atoms with Gasteiger partial charge in [-0.15, -0.1) is 5.10 Å². The van der Waals surface area contributed by atoms with E-state index in [4.69, 9.17) is 4.74 Å². The summed E-state index contributed by atoms with van der Waals surface area (Å²) in [5.41, 5.74) is -1.01. The summed E-state index contributed by atoms with van der Waals surface area (Å²) in [4.78, 5) is 14.0. The Bertz CT molecular complexity index is 744. The third kappa shape index (κ3) is 3.25. The fourth-order valence-electron chi connectivity index (χ4n) is 2.56. The first-order valence-corrected chi connectivity index (χ1v) is 7.36. The molecule has 1 aromatic carbocycles. The van der Waals surface area contributed by atoms with Crippen LogP contribution in [0.15, 0.2) is 30.5 Å². The first-order chi connectivity index (χ1) is 11.4. The summed E-state index contributed by atoms with van der Waals surface area (Å²) in [6.45, 7) is 3.08. The van der Waals surface area contributed by atoms with Crippen LogP contribution in [-0.4, -0.2) is 51.6 Å². The average Bonchev–Trinajstić information content (AvgIpc) is 3.03. The number of para-hydroxylation sites is 1. The SMILES string of the molecule is CC1CN(C(=O)c2cn(-c3ccccc3C(F)(F)F)nn2)CCO1. The highest BCUT2D eigenvalue weighted by molar-refractivity contribution is 5.92. The molecular weight excluding hydrogens is 325 g/mol. The average molecular weight is 340 g/mol. The lowest BCUT2D eigenvalue weighted by Gasteiger charge is -2.30. The van der Waals surface area contributed by atoms with Gasteiger partial charge < -0.3 is 9.64 Å². The maximum absolute atomic E-state index is 13.1. The standard InChI is InChI=1S/C15H15F3N4O2/c1-10-8-21(6-7-24-10)14(23)12-9-22(20-19-12)13-5-3-2-4-11(13)15(16,17)18/h2-5,9-10H,6-8H2,1H3. The minimum atomic E-state index is -4.52. The van der Waals surface area contributed by atoms with Crippen LogP contribution >= 0.6 is 0 Å². The number of ether oxygens (including phenoxy) is 1. The van der Waals surface area contributed by atoms with Gasteiger partial charge in [0.05, 0.1) is 30.2 Å². The molecule has 128 valence electrons. The number of rotatable bonds is 2. The number of alkyl halides is 3. The lowest BCUT2D eigenvalue weighted by atomic mass is 10.1. The largest absolute Gasteiger partial charge is 0.418 e. The maximum atomic E-state index is 13.1. The van der Waals surface area contributed by atoms with Gasteiger partial charge in [0.15, 0.2) is 5.69 Å². The molecule has 6 nitrogen and oxygen atoms in total. The molecule has 0 aliphatic carbocycles. The Morgan fingerprint density at radius 2 is 2.08 bits per heavy atom. The Labute approximate surface area is 135 Å². The molecule has 2 aromatic rings. The van der Waals surface area contributed by atoms with Crippen molar-refractivity contribution in [2.24, 2.45) is 0 Å². The molecule has 1 fully saturated rings. The van der Waals surface area contributed by atoms with E-state index in [-0.39, 0.29) is 23.4 Å². The minimum Gasteiger partial charge on any atom is -0.375 e. The van der Waals surface area contributed by atoms with Gasteiger partial charge in [-0.3, -0.25) is 4.79 Å². The molecule has 0 saturated carbocycles. The van der Waals surface area contributed by atoms with E-state index in [9.17, 15) is 18.0 Å². The molecule has 2 heterocycles. The van der Waals surface area contributed by atoms with E-state index in [2.05, 4.69) is 10.3 Å². The zero-order valence-corrected chi connectivity index (χ0v) is 12.8. The lowest BCUT2D eigenvalue weighted by Crippen LogP contribution is -2.44. The second kappa shape index (κ2) is 6.23. The highest BCUT2D eigenvalue weighted by atomic mass is 19.4. The van der Waals surface area contributed by atoms with Crippen LogP contribution in [0.1, 0.15) is 23.0 Å². The zero-order valence-electron chi connectivity index (χ0n) is 12.8. The molecule has 1 saturated heterocycles. The van der Waals surface area contributed by atoms with E-state index in [1.54, 1.807) is 4.90 Å². The molecule has 0 bridgehead atoms. The zero-order chi connectivity index (χ0) is 17.3. The van der Waals surface area contributed by atoms with Crippen molar-refractivity contribution in [3.63, 3.8) is 0 Å². The summed E-state index contributed by atoms with van der Waals surface area (Å²) in [6, 6.07) is 5.01. The third-order valence-electron chi connectivity index (χ3n) is 3.70. The maximum Gasteiger partial charge on any atom is 0.418 e. The number of aromatic nitrogens is 3. The van der Waals surface area contributed by atoms with E-state index < -0.39 is 11.7 Å². The van der Waals surface area contributed by atoms with Gasteiger partial charge in [-0.05, 0) is 19.1 Å². The predicted octanol–water partition coefficient (Wildman–Crippen LogP) is 2.15. The summed E-state index contributed by atoms with van der Waals surface area (Å²) < 4.78 is 45.6. The molecule has 9 heteroatoms. The van der Waals surface area contributed by atoms with Crippen molar-refractivity contribution in [2.75, 3.05) is 19.7 Å². The van der Waals surface area contributed by atoms with Gasteiger partial charge in [0.1, 0.15) is 0 Å². The van der Waals surface area contributed by atoms with Crippen LogP contribution in [0.5, 0.6) is 0 Å². The van der Waals surface area contributed by atoms with Crippen LogP contribution in [0.4, 0.5) is 13.2 Å². The Hall–Kier alpha value is -2.42. The van der Waals surface area contributed by atoms with Crippen molar-refractivity contribution in [3.8, 4) is 5.69 Å². The first-order valence-electron chi connectivity index (χ1n) is 7.36. The van der Waals surface area contributed by atoms with E-state index >= 15 is 0 Å². The minimum absolute atomic E-state index is 0.000998. The van der Waals surface area contributed by atoms with Crippen molar-refractivity contribution >= 4 is 5.91 Å². The molecule has 1 unspecified atom stereocenters. The number of benzene rings is 1. The monoisotopic (exact) mass is 340 g/mol. The molecule has 0 radical (unpaired) electrons. The van der Waals surface area contributed by atoms with Crippen molar-refractivity contribution < 1.29 is 22.7 Å². The molecule has 1 aliphatic heterocycles. The summed E-state index contributed by atoms with van der Waals surface area (Å²) >= 11 is 0. The van der Waals surface area contributed by atoms with E-state index in [1.807, 2.05) is 6.92 Å². The number of carbonyl (C=O) groups excluding carboxylic acids is 1. The van der Waals surface area contributed by atoms with Crippen molar-refractivity contribution in [1.29, 1.82) is 0 Å². The van der Waals surface area contributed by atoms with Crippen LogP contribution in [0.25, 0.3) is 5.69 Å². The van der Waals surface area contributed by atoms with Gasteiger partial charge in [-0.2, -0.15) is 13.2 Å². The Morgan fingerprint density at radius 1 is 1.33 bits per heavy atom. The first kappa shape index (κ1) is 16.4. The van der Waals surface area contributed by atoms with Crippen molar-refractivity contribution in [3.05, 3.63) is 41.7 Å². The molecule has 0 spiro atoms. The number of hydrogen-bond acceptors (Lipinski definition) is 4. The van der Waals surface area contributed by atoms with E-state index in [0.717, 1.165) is 10.7 Å². The molecule has 3 rings (SSSR count). The summed E-state index contributed by atoms with van der Waals surface area (Å²) in [7, 11) is 0. The molecule has 24 heavy (non-hydrogen) atoms. The Morgan fingerprint density at radius 3 is 2.79 bits per heavy atom. The Balaban J connectivity index is 1.88. The van der Waals surface area contributed by atoms with Crippen LogP contribution in [0.3, 0.4) is 0 Å². The van der Waals surface area contributed by atoms with E-state index in [0.29, 0.717) is 19.7 Å². The van der Waals surface area contributed by atoms with Crippen LogP contribution in [0.2, 0.25) is 0 Å².